The van der Waals surface area contributed by atoms with E-state index >= 15 is 0 Å². The molecule has 1 heterocycles. The molecule has 0 radical (unpaired) electrons. The Labute approximate surface area is 79.5 Å². The van der Waals surface area contributed by atoms with Gasteiger partial charge in [-0.15, -0.1) is 0 Å². The molecule has 0 aromatic heterocycles. The van der Waals surface area contributed by atoms with Gasteiger partial charge in [0, 0.05) is 25.7 Å². The van der Waals surface area contributed by atoms with Gasteiger partial charge in [0.25, 0.3) is 0 Å². The van der Waals surface area contributed by atoms with Gasteiger partial charge < -0.3 is 16.0 Å². The molecule has 0 bridgehead atoms. The van der Waals surface area contributed by atoms with Crippen LogP contribution in [0.1, 0.15) is 26.2 Å². The first-order valence-corrected chi connectivity index (χ1v) is 4.90. The number of likely N-dealkylation sites (tertiary alicyclic amines) is 1. The van der Waals surface area contributed by atoms with Crippen molar-refractivity contribution in [2.45, 2.75) is 38.3 Å². The molecule has 1 fully saturated rings. The maximum absolute atomic E-state index is 11.4. The largest absolute Gasteiger partial charge is 0.341 e. The van der Waals surface area contributed by atoms with Crippen LogP contribution in [-0.4, -0.2) is 36.6 Å². The summed E-state index contributed by atoms with van der Waals surface area (Å²) in [6.45, 7) is 2.80. The molecule has 4 nitrogen and oxygen atoms in total. The number of hydrogen-bond donors (Lipinski definition) is 2. The highest BCUT2D eigenvalue weighted by molar-refractivity contribution is 5.74. The number of rotatable bonds is 1. The van der Waals surface area contributed by atoms with Crippen LogP contribution in [0, 0.1) is 0 Å². The zero-order valence-electron chi connectivity index (χ0n) is 8.42. The number of nitrogens with one attached hydrogen (secondary N) is 1. The Morgan fingerprint density at radius 3 is 2.85 bits per heavy atom. The number of amides is 2. The highest BCUT2D eigenvalue weighted by Gasteiger charge is 2.28. The second-order valence-electron chi connectivity index (χ2n) is 3.67. The van der Waals surface area contributed by atoms with Crippen molar-refractivity contribution >= 4 is 6.03 Å². The standard InChI is InChI=1S/C9H19N3O/c1-7(10)8-5-3-4-6-12(8)9(13)11-2/h7-8H,3-6,10H2,1-2H3,(H,11,13). The quantitative estimate of drug-likeness (QED) is 0.626. The summed E-state index contributed by atoms with van der Waals surface area (Å²) in [5.41, 5.74) is 5.83. The van der Waals surface area contributed by atoms with E-state index in [0.717, 1.165) is 19.4 Å². The lowest BCUT2D eigenvalue weighted by atomic mass is 9.97. The first-order chi connectivity index (χ1) is 6.16. The Balaban J connectivity index is 2.61. The van der Waals surface area contributed by atoms with Crippen LogP contribution in [-0.2, 0) is 0 Å². The smallest absolute Gasteiger partial charge is 0.317 e. The molecule has 2 unspecified atom stereocenters. The fourth-order valence-electron chi connectivity index (χ4n) is 1.90. The van der Waals surface area contributed by atoms with Crippen molar-refractivity contribution in [3.63, 3.8) is 0 Å². The van der Waals surface area contributed by atoms with E-state index in [1.165, 1.54) is 6.42 Å². The predicted molar refractivity (Wildman–Crippen MR) is 52.5 cm³/mol. The van der Waals surface area contributed by atoms with Gasteiger partial charge in [-0.3, -0.25) is 0 Å². The summed E-state index contributed by atoms with van der Waals surface area (Å²) in [6.07, 6.45) is 3.31. The Morgan fingerprint density at radius 1 is 1.62 bits per heavy atom. The van der Waals surface area contributed by atoms with Gasteiger partial charge >= 0.3 is 6.03 Å². The van der Waals surface area contributed by atoms with Gasteiger partial charge in [-0.05, 0) is 26.2 Å². The SMILES string of the molecule is CNC(=O)N1CCCCC1C(C)N. The van der Waals surface area contributed by atoms with E-state index in [1.54, 1.807) is 7.05 Å². The molecule has 0 spiro atoms. The third kappa shape index (κ3) is 2.34. The summed E-state index contributed by atoms with van der Waals surface area (Å²) in [7, 11) is 1.66. The highest BCUT2D eigenvalue weighted by atomic mass is 16.2. The molecule has 1 aliphatic rings. The van der Waals surface area contributed by atoms with Crippen LogP contribution in [0.2, 0.25) is 0 Å². The zero-order chi connectivity index (χ0) is 9.84. The molecule has 1 rings (SSSR count). The first-order valence-electron chi connectivity index (χ1n) is 4.90. The Morgan fingerprint density at radius 2 is 2.31 bits per heavy atom. The molecule has 0 aliphatic carbocycles. The lowest BCUT2D eigenvalue weighted by Crippen LogP contribution is -2.54. The Hall–Kier alpha value is -0.770. The van der Waals surface area contributed by atoms with Gasteiger partial charge in [0.1, 0.15) is 0 Å². The van der Waals surface area contributed by atoms with E-state index in [-0.39, 0.29) is 18.1 Å². The van der Waals surface area contributed by atoms with Gasteiger partial charge in [-0.1, -0.05) is 0 Å². The van der Waals surface area contributed by atoms with E-state index in [4.69, 9.17) is 5.73 Å². The zero-order valence-corrected chi connectivity index (χ0v) is 8.42. The molecule has 4 heteroatoms. The Bertz CT molecular complexity index is 182. The minimum atomic E-state index is 0.00185. The average molecular weight is 185 g/mol. The van der Waals surface area contributed by atoms with Crippen molar-refractivity contribution in [1.82, 2.24) is 10.2 Å². The first kappa shape index (κ1) is 10.3. The van der Waals surface area contributed by atoms with Gasteiger partial charge in [-0.25, -0.2) is 4.79 Å². The van der Waals surface area contributed by atoms with Gasteiger partial charge in [0.2, 0.25) is 0 Å². The second-order valence-corrected chi connectivity index (χ2v) is 3.67. The second kappa shape index (κ2) is 4.46. The Kier molecular flexibility index (Phi) is 3.54. The van der Waals surface area contributed by atoms with Crippen LogP contribution < -0.4 is 11.1 Å². The van der Waals surface area contributed by atoms with Gasteiger partial charge in [0.15, 0.2) is 0 Å². The van der Waals surface area contributed by atoms with Crippen LogP contribution >= 0.6 is 0 Å². The third-order valence-electron chi connectivity index (χ3n) is 2.63. The molecule has 2 amide bonds. The molecular formula is C9H19N3O. The van der Waals surface area contributed by atoms with Crippen molar-refractivity contribution in [2.75, 3.05) is 13.6 Å². The molecule has 13 heavy (non-hydrogen) atoms. The summed E-state index contributed by atoms with van der Waals surface area (Å²) in [6, 6.07) is 0.285. The minimum absolute atomic E-state index is 0.00185. The number of carbonyl (C=O) groups is 1. The van der Waals surface area contributed by atoms with Gasteiger partial charge in [0.05, 0.1) is 0 Å². The van der Waals surface area contributed by atoms with Crippen molar-refractivity contribution in [2.24, 2.45) is 5.73 Å². The number of nitrogens with two attached hydrogens (primary N) is 1. The number of nitrogens with zero attached hydrogens (tertiary/aromatic N) is 1. The van der Waals surface area contributed by atoms with Crippen LogP contribution in [0.5, 0.6) is 0 Å². The fraction of sp³-hybridized carbons (Fsp3) is 0.889. The maximum atomic E-state index is 11.4. The average Bonchev–Trinajstić information content (AvgIpc) is 2.16. The topological polar surface area (TPSA) is 58.4 Å². The molecule has 0 aromatic carbocycles. The van der Waals surface area contributed by atoms with Gasteiger partial charge in [-0.2, -0.15) is 0 Å². The molecule has 1 saturated heterocycles. The summed E-state index contributed by atoms with van der Waals surface area (Å²) in [4.78, 5) is 13.3. The summed E-state index contributed by atoms with van der Waals surface area (Å²) in [5, 5.41) is 2.65. The molecule has 3 N–H and O–H groups in total. The van der Waals surface area contributed by atoms with E-state index in [1.807, 2.05) is 11.8 Å². The van der Waals surface area contributed by atoms with E-state index in [0.29, 0.717) is 0 Å². The third-order valence-corrected chi connectivity index (χ3v) is 2.63. The van der Waals surface area contributed by atoms with Crippen molar-refractivity contribution in [1.29, 1.82) is 0 Å². The molecular weight excluding hydrogens is 166 g/mol. The van der Waals surface area contributed by atoms with Crippen molar-refractivity contribution < 1.29 is 4.79 Å². The summed E-state index contributed by atoms with van der Waals surface area (Å²) < 4.78 is 0. The predicted octanol–water partition coefficient (Wildman–Crippen LogP) is 0.527. The van der Waals surface area contributed by atoms with E-state index in [2.05, 4.69) is 5.32 Å². The van der Waals surface area contributed by atoms with Crippen LogP contribution in [0.4, 0.5) is 4.79 Å². The maximum Gasteiger partial charge on any atom is 0.317 e. The number of urea groups is 1. The molecule has 2 atom stereocenters. The number of hydrogen-bond acceptors (Lipinski definition) is 2. The van der Waals surface area contributed by atoms with Crippen molar-refractivity contribution in [3.8, 4) is 0 Å². The fourth-order valence-corrected chi connectivity index (χ4v) is 1.90. The molecule has 1 aliphatic heterocycles. The molecule has 0 saturated carbocycles. The molecule has 76 valence electrons. The number of piperidine rings is 1. The van der Waals surface area contributed by atoms with Crippen LogP contribution in [0.25, 0.3) is 0 Å². The van der Waals surface area contributed by atoms with Crippen molar-refractivity contribution in [3.05, 3.63) is 0 Å². The monoisotopic (exact) mass is 185 g/mol. The lowest BCUT2D eigenvalue weighted by Gasteiger charge is -2.37. The van der Waals surface area contributed by atoms with Crippen LogP contribution in [0.3, 0.4) is 0 Å². The summed E-state index contributed by atoms with van der Waals surface area (Å²) >= 11 is 0. The normalized spacial score (nSPS) is 25.5. The molecule has 0 aromatic rings. The summed E-state index contributed by atoms with van der Waals surface area (Å²) in [5.74, 6) is 0. The minimum Gasteiger partial charge on any atom is -0.341 e. The highest BCUT2D eigenvalue weighted by Crippen LogP contribution is 2.18. The van der Waals surface area contributed by atoms with E-state index in [9.17, 15) is 4.79 Å². The number of carbonyl (C=O) groups excluding carboxylic acids is 1. The van der Waals surface area contributed by atoms with E-state index < -0.39 is 0 Å². The van der Waals surface area contributed by atoms with Crippen LogP contribution in [0.15, 0.2) is 0 Å². The lowest BCUT2D eigenvalue weighted by molar-refractivity contribution is 0.142.